The van der Waals surface area contributed by atoms with E-state index in [1.807, 2.05) is 0 Å². The molecule has 1 heterocycles. The number of nitro groups is 1. The first-order chi connectivity index (χ1) is 9.68. The van der Waals surface area contributed by atoms with Crippen molar-refractivity contribution in [2.24, 2.45) is 0 Å². The van der Waals surface area contributed by atoms with Crippen LogP contribution >= 0.6 is 0 Å². The quantitative estimate of drug-likeness (QED) is 0.561. The number of amides is 1. The lowest BCUT2D eigenvalue weighted by Crippen LogP contribution is -2.33. The molecular formula is C13H15N3O5. The van der Waals surface area contributed by atoms with Gasteiger partial charge < -0.3 is 15.7 Å². The van der Waals surface area contributed by atoms with E-state index in [-0.39, 0.29) is 30.1 Å². The maximum absolute atomic E-state index is 11.3. The Morgan fingerprint density at radius 2 is 2.19 bits per heavy atom. The van der Waals surface area contributed by atoms with Crippen molar-refractivity contribution in [3.8, 4) is 0 Å². The Morgan fingerprint density at radius 3 is 2.76 bits per heavy atom. The van der Waals surface area contributed by atoms with Gasteiger partial charge in [0.25, 0.3) is 5.69 Å². The largest absolute Gasteiger partial charge is 0.481 e. The van der Waals surface area contributed by atoms with Crippen molar-refractivity contribution < 1.29 is 19.6 Å². The predicted molar refractivity (Wildman–Crippen MR) is 75.4 cm³/mol. The molecule has 8 heteroatoms. The molecule has 0 aliphatic carbocycles. The first-order valence-electron chi connectivity index (χ1n) is 6.29. The number of nitrogens with zero attached hydrogens (tertiary/aromatic N) is 1. The highest BCUT2D eigenvalue weighted by atomic mass is 16.6. The van der Waals surface area contributed by atoms with E-state index < -0.39 is 16.4 Å². The van der Waals surface area contributed by atoms with Crippen molar-refractivity contribution >= 4 is 28.9 Å². The summed E-state index contributed by atoms with van der Waals surface area (Å²) >= 11 is 0. The van der Waals surface area contributed by atoms with Gasteiger partial charge in [0.1, 0.15) is 5.69 Å². The van der Waals surface area contributed by atoms with E-state index in [1.165, 1.54) is 12.1 Å². The molecule has 0 radical (unpaired) electrons. The molecule has 0 fully saturated rings. The highest BCUT2D eigenvalue weighted by Crippen LogP contribution is 2.36. The summed E-state index contributed by atoms with van der Waals surface area (Å²) < 4.78 is 0. The molecule has 112 valence electrons. The highest BCUT2D eigenvalue weighted by Gasteiger charge is 2.29. The Morgan fingerprint density at radius 1 is 1.52 bits per heavy atom. The molecule has 2 rings (SSSR count). The second kappa shape index (κ2) is 5.04. The first kappa shape index (κ1) is 14.8. The van der Waals surface area contributed by atoms with E-state index in [2.05, 4.69) is 10.6 Å². The van der Waals surface area contributed by atoms with Crippen LogP contribution in [0, 0.1) is 10.1 Å². The van der Waals surface area contributed by atoms with Crippen LogP contribution in [0.1, 0.15) is 25.8 Å². The van der Waals surface area contributed by atoms with Crippen LogP contribution in [0.5, 0.6) is 0 Å². The zero-order valence-electron chi connectivity index (χ0n) is 11.6. The molecule has 3 N–H and O–H groups in total. The van der Waals surface area contributed by atoms with E-state index >= 15 is 0 Å². The van der Waals surface area contributed by atoms with Gasteiger partial charge in [-0.3, -0.25) is 19.7 Å². The van der Waals surface area contributed by atoms with Gasteiger partial charge >= 0.3 is 5.97 Å². The van der Waals surface area contributed by atoms with Gasteiger partial charge in [-0.2, -0.15) is 0 Å². The van der Waals surface area contributed by atoms with E-state index in [0.29, 0.717) is 11.3 Å². The zero-order chi connectivity index (χ0) is 15.8. The van der Waals surface area contributed by atoms with Crippen LogP contribution in [-0.4, -0.2) is 27.4 Å². The summed E-state index contributed by atoms with van der Waals surface area (Å²) in [5, 5.41) is 25.5. The van der Waals surface area contributed by atoms with Gasteiger partial charge in [-0.1, -0.05) is 0 Å². The molecule has 0 atom stereocenters. The molecule has 0 unspecified atom stereocenters. The lowest BCUT2D eigenvalue weighted by molar-refractivity contribution is -0.384. The number of carbonyl (C=O) groups is 2. The molecule has 0 bridgehead atoms. The Kier molecular flexibility index (Phi) is 3.54. The molecular weight excluding hydrogens is 278 g/mol. The third-order valence-corrected chi connectivity index (χ3v) is 3.11. The highest BCUT2D eigenvalue weighted by molar-refractivity contribution is 6.00. The summed E-state index contributed by atoms with van der Waals surface area (Å²) in [5.41, 5.74) is 0.219. The fraction of sp³-hybridized carbons (Fsp3) is 0.385. The molecule has 1 aromatic rings. The number of carboxylic acid groups (broad SMARTS) is 1. The van der Waals surface area contributed by atoms with Crippen LogP contribution in [0.2, 0.25) is 0 Å². The minimum atomic E-state index is -1.01. The molecule has 8 nitrogen and oxygen atoms in total. The van der Waals surface area contributed by atoms with Crippen molar-refractivity contribution in [2.75, 3.05) is 10.6 Å². The van der Waals surface area contributed by atoms with Crippen molar-refractivity contribution in [2.45, 2.75) is 32.2 Å². The third-order valence-electron chi connectivity index (χ3n) is 3.11. The normalized spacial score (nSPS) is 13.5. The predicted octanol–water partition coefficient (Wildman–Crippen LogP) is 1.75. The van der Waals surface area contributed by atoms with E-state index in [1.54, 1.807) is 13.8 Å². The Bertz CT molecular complexity index is 639. The van der Waals surface area contributed by atoms with Crippen molar-refractivity contribution in [1.82, 2.24) is 0 Å². The number of nitro benzene ring substituents is 1. The van der Waals surface area contributed by atoms with Gasteiger partial charge in [-0.15, -0.1) is 0 Å². The summed E-state index contributed by atoms with van der Waals surface area (Å²) in [6.07, 6.45) is -0.0947. The van der Waals surface area contributed by atoms with Crippen molar-refractivity contribution in [3.63, 3.8) is 0 Å². The van der Waals surface area contributed by atoms with Crippen LogP contribution in [0.4, 0.5) is 17.1 Å². The SMILES string of the molecule is CC(C)(CC(=O)O)Nc1cc2c(cc1[N+](=O)[O-])CC(=O)N2. The van der Waals surface area contributed by atoms with Gasteiger partial charge in [-0.05, 0) is 25.5 Å². The second-order valence-corrected chi connectivity index (χ2v) is 5.59. The minimum Gasteiger partial charge on any atom is -0.481 e. The molecule has 1 amide bonds. The van der Waals surface area contributed by atoms with Gasteiger partial charge in [0.15, 0.2) is 0 Å². The number of anilines is 2. The number of hydrogen-bond acceptors (Lipinski definition) is 5. The Labute approximate surface area is 120 Å². The van der Waals surface area contributed by atoms with Crippen LogP contribution in [0.3, 0.4) is 0 Å². The number of aliphatic carboxylic acids is 1. The lowest BCUT2D eigenvalue weighted by Gasteiger charge is -2.25. The number of hydrogen-bond donors (Lipinski definition) is 3. The fourth-order valence-electron chi connectivity index (χ4n) is 2.30. The van der Waals surface area contributed by atoms with Gasteiger partial charge in [-0.25, -0.2) is 0 Å². The zero-order valence-corrected chi connectivity index (χ0v) is 11.6. The number of fused-ring (bicyclic) bond motifs is 1. The monoisotopic (exact) mass is 293 g/mol. The maximum atomic E-state index is 11.3. The smallest absolute Gasteiger partial charge is 0.305 e. The first-order valence-corrected chi connectivity index (χ1v) is 6.29. The number of rotatable bonds is 5. The van der Waals surface area contributed by atoms with Crippen LogP contribution < -0.4 is 10.6 Å². The van der Waals surface area contributed by atoms with Gasteiger partial charge in [0.2, 0.25) is 5.91 Å². The molecule has 0 saturated heterocycles. The molecule has 21 heavy (non-hydrogen) atoms. The molecule has 0 aromatic heterocycles. The molecule has 1 aliphatic heterocycles. The average molecular weight is 293 g/mol. The molecule has 0 saturated carbocycles. The molecule has 1 aliphatic rings. The lowest BCUT2D eigenvalue weighted by atomic mass is 9.99. The van der Waals surface area contributed by atoms with Gasteiger partial charge in [0, 0.05) is 17.3 Å². The minimum absolute atomic E-state index is 0.106. The standard InChI is InChI=1S/C13H15N3O5/c1-13(2,6-12(18)19)15-9-5-8-7(4-11(17)14-8)3-10(9)16(20)21/h3,5,15H,4,6H2,1-2H3,(H,14,17)(H,18,19). The Balaban J connectivity index is 2.39. The van der Waals surface area contributed by atoms with Crippen LogP contribution in [-0.2, 0) is 16.0 Å². The molecule has 0 spiro atoms. The van der Waals surface area contributed by atoms with E-state index in [9.17, 15) is 19.7 Å². The third kappa shape index (κ3) is 3.28. The van der Waals surface area contributed by atoms with E-state index in [4.69, 9.17) is 5.11 Å². The summed E-state index contributed by atoms with van der Waals surface area (Å²) in [7, 11) is 0. The average Bonchev–Trinajstić information content (AvgIpc) is 2.64. The van der Waals surface area contributed by atoms with Crippen LogP contribution in [0.25, 0.3) is 0 Å². The van der Waals surface area contributed by atoms with Gasteiger partial charge in [0.05, 0.1) is 17.8 Å². The summed E-state index contributed by atoms with van der Waals surface area (Å²) in [5.74, 6) is -1.23. The number of carbonyl (C=O) groups excluding carboxylic acids is 1. The van der Waals surface area contributed by atoms with Crippen molar-refractivity contribution in [3.05, 3.63) is 27.8 Å². The van der Waals surface area contributed by atoms with E-state index in [0.717, 1.165) is 0 Å². The Hall–Kier alpha value is -2.64. The number of benzene rings is 1. The van der Waals surface area contributed by atoms with Crippen molar-refractivity contribution in [1.29, 1.82) is 0 Å². The second-order valence-electron chi connectivity index (χ2n) is 5.59. The fourth-order valence-corrected chi connectivity index (χ4v) is 2.30. The summed E-state index contributed by atoms with van der Waals surface area (Å²) in [6.45, 7) is 3.27. The topological polar surface area (TPSA) is 122 Å². The summed E-state index contributed by atoms with van der Waals surface area (Å²) in [4.78, 5) is 32.8. The summed E-state index contributed by atoms with van der Waals surface area (Å²) in [6, 6.07) is 2.81. The maximum Gasteiger partial charge on any atom is 0.305 e. The molecule has 1 aromatic carbocycles. The number of carboxylic acids is 1. The number of nitrogens with one attached hydrogen (secondary N) is 2. The van der Waals surface area contributed by atoms with Crippen LogP contribution in [0.15, 0.2) is 12.1 Å².